The minimum atomic E-state index is -0.372. The van der Waals surface area contributed by atoms with Crippen molar-refractivity contribution in [2.24, 2.45) is 0 Å². The highest BCUT2D eigenvalue weighted by Gasteiger charge is 2.28. The smallest absolute Gasteiger partial charge is 0.415 e. The van der Waals surface area contributed by atoms with Crippen molar-refractivity contribution in [3.8, 4) is 17.0 Å². The Kier molecular flexibility index (Phi) is 5.06. The van der Waals surface area contributed by atoms with Gasteiger partial charge in [-0.15, -0.1) is 0 Å². The van der Waals surface area contributed by atoms with Crippen LogP contribution in [0.1, 0.15) is 30.3 Å². The number of carbonyl (C=O) groups excluding carboxylic acids is 1. The molecule has 0 aliphatic carbocycles. The first-order valence-corrected chi connectivity index (χ1v) is 9.19. The molecule has 1 aliphatic heterocycles. The maximum absolute atomic E-state index is 13.1. The first kappa shape index (κ1) is 18.2. The number of oxazole rings is 1. The molecule has 4 rings (SSSR count). The molecule has 1 aliphatic rings. The number of rotatable bonds is 3. The van der Waals surface area contributed by atoms with Crippen LogP contribution < -0.4 is 4.74 Å². The highest BCUT2D eigenvalue weighted by atomic mass is 19.1. The van der Waals surface area contributed by atoms with Crippen molar-refractivity contribution >= 4 is 6.09 Å². The number of benzene rings is 1. The number of piperidine rings is 1. The molecule has 7 heteroatoms. The molecule has 0 N–H and O–H groups in total. The van der Waals surface area contributed by atoms with E-state index in [9.17, 15) is 9.18 Å². The Morgan fingerprint density at radius 1 is 1.18 bits per heavy atom. The van der Waals surface area contributed by atoms with Crippen LogP contribution in [0.4, 0.5) is 9.18 Å². The van der Waals surface area contributed by atoms with Crippen LogP contribution in [0.2, 0.25) is 0 Å². The molecular formula is C21H20FN3O3. The summed E-state index contributed by atoms with van der Waals surface area (Å²) in [6.45, 7) is 3.01. The Morgan fingerprint density at radius 3 is 2.61 bits per heavy atom. The molecular weight excluding hydrogens is 361 g/mol. The summed E-state index contributed by atoms with van der Waals surface area (Å²) in [5.41, 5.74) is 2.36. The van der Waals surface area contributed by atoms with Crippen molar-refractivity contribution in [2.45, 2.75) is 25.7 Å². The maximum Gasteiger partial charge on any atom is 0.415 e. The Morgan fingerprint density at radius 2 is 1.93 bits per heavy atom. The van der Waals surface area contributed by atoms with Crippen molar-refractivity contribution in [1.82, 2.24) is 14.9 Å². The van der Waals surface area contributed by atoms with Crippen LogP contribution in [-0.4, -0.2) is 34.1 Å². The Bertz CT molecular complexity index is 946. The highest BCUT2D eigenvalue weighted by Crippen LogP contribution is 2.30. The number of hydrogen-bond donors (Lipinski definition) is 0. The molecule has 1 fully saturated rings. The molecule has 3 aromatic rings. The minimum Gasteiger partial charge on any atom is -0.448 e. The molecule has 28 heavy (non-hydrogen) atoms. The van der Waals surface area contributed by atoms with Crippen LogP contribution in [0.15, 0.2) is 53.3 Å². The number of nitrogens with zero attached hydrogens (tertiary/aromatic N) is 3. The van der Waals surface area contributed by atoms with Crippen LogP contribution in [0.3, 0.4) is 0 Å². The summed E-state index contributed by atoms with van der Waals surface area (Å²) in [7, 11) is 0. The fourth-order valence-corrected chi connectivity index (χ4v) is 3.22. The van der Waals surface area contributed by atoms with E-state index in [-0.39, 0.29) is 17.8 Å². The van der Waals surface area contributed by atoms with E-state index in [0.717, 1.165) is 24.1 Å². The fraction of sp³-hybridized carbons (Fsp3) is 0.286. The van der Waals surface area contributed by atoms with Crippen LogP contribution in [0.5, 0.6) is 5.75 Å². The number of amides is 1. The SMILES string of the molecule is Cc1ccc(OC(=O)N2CCC(c3nc(-c4ccc(F)cc4)co3)CC2)cn1. The van der Waals surface area contributed by atoms with Gasteiger partial charge in [-0.3, -0.25) is 4.98 Å². The first-order valence-electron chi connectivity index (χ1n) is 9.19. The fourth-order valence-electron chi connectivity index (χ4n) is 3.22. The number of pyridine rings is 1. The molecule has 2 aromatic heterocycles. The molecule has 0 atom stereocenters. The van der Waals surface area contributed by atoms with Crippen molar-refractivity contribution in [3.63, 3.8) is 0 Å². The van der Waals surface area contributed by atoms with E-state index >= 15 is 0 Å². The molecule has 6 nitrogen and oxygen atoms in total. The molecule has 1 saturated heterocycles. The average Bonchev–Trinajstić information content (AvgIpc) is 3.20. The molecule has 0 radical (unpaired) electrons. The van der Waals surface area contributed by atoms with Gasteiger partial charge in [0.2, 0.25) is 0 Å². The molecule has 0 unspecified atom stereocenters. The summed E-state index contributed by atoms with van der Waals surface area (Å²) in [6.07, 6.45) is 4.25. The van der Waals surface area contributed by atoms with Crippen LogP contribution in [-0.2, 0) is 0 Å². The Hall–Kier alpha value is -3.22. The third kappa shape index (κ3) is 4.03. The number of aromatic nitrogens is 2. The second-order valence-corrected chi connectivity index (χ2v) is 6.84. The summed E-state index contributed by atoms with van der Waals surface area (Å²) < 4.78 is 24.1. The predicted molar refractivity (Wildman–Crippen MR) is 100 cm³/mol. The summed E-state index contributed by atoms with van der Waals surface area (Å²) >= 11 is 0. The van der Waals surface area contributed by atoms with E-state index in [4.69, 9.17) is 9.15 Å². The second kappa shape index (κ2) is 7.80. The third-order valence-corrected chi connectivity index (χ3v) is 4.85. The molecule has 144 valence electrons. The lowest BCUT2D eigenvalue weighted by molar-refractivity contribution is 0.136. The topological polar surface area (TPSA) is 68.5 Å². The largest absolute Gasteiger partial charge is 0.448 e. The van der Waals surface area contributed by atoms with E-state index < -0.39 is 0 Å². The van der Waals surface area contributed by atoms with E-state index in [0.29, 0.717) is 30.4 Å². The second-order valence-electron chi connectivity index (χ2n) is 6.84. The summed E-state index contributed by atoms with van der Waals surface area (Å²) in [6, 6.07) is 9.69. The lowest BCUT2D eigenvalue weighted by Gasteiger charge is -2.29. The van der Waals surface area contributed by atoms with Crippen molar-refractivity contribution in [1.29, 1.82) is 0 Å². The standard InChI is InChI=1S/C21H20FN3O3/c1-14-2-7-18(12-23-14)28-21(26)25-10-8-16(9-11-25)20-24-19(13-27-20)15-3-5-17(22)6-4-15/h2-7,12-13,16H,8-11H2,1H3. The van der Waals surface area contributed by atoms with E-state index in [1.807, 2.05) is 6.92 Å². The predicted octanol–water partition coefficient (Wildman–Crippen LogP) is 4.56. The summed E-state index contributed by atoms with van der Waals surface area (Å²) in [4.78, 5) is 22.7. The number of aryl methyl sites for hydroxylation is 1. The van der Waals surface area contributed by atoms with Gasteiger partial charge in [0.15, 0.2) is 11.6 Å². The molecule has 1 aromatic carbocycles. The third-order valence-electron chi connectivity index (χ3n) is 4.85. The monoisotopic (exact) mass is 381 g/mol. The lowest BCUT2D eigenvalue weighted by Crippen LogP contribution is -2.39. The van der Waals surface area contributed by atoms with Gasteiger partial charge >= 0.3 is 6.09 Å². The van der Waals surface area contributed by atoms with Gasteiger partial charge in [-0.25, -0.2) is 14.2 Å². The van der Waals surface area contributed by atoms with E-state index in [1.54, 1.807) is 41.6 Å². The van der Waals surface area contributed by atoms with Gasteiger partial charge < -0.3 is 14.1 Å². The zero-order valence-corrected chi connectivity index (χ0v) is 15.5. The first-order chi connectivity index (χ1) is 13.6. The normalized spacial score (nSPS) is 14.9. The minimum absolute atomic E-state index is 0.138. The van der Waals surface area contributed by atoms with Gasteiger partial charge in [0, 0.05) is 30.3 Å². The number of hydrogen-bond acceptors (Lipinski definition) is 5. The molecule has 0 bridgehead atoms. The van der Waals surface area contributed by atoms with E-state index in [1.165, 1.54) is 12.1 Å². The Balaban J connectivity index is 1.34. The zero-order valence-electron chi connectivity index (χ0n) is 15.5. The van der Waals surface area contributed by atoms with Gasteiger partial charge in [0.25, 0.3) is 0 Å². The van der Waals surface area contributed by atoms with Gasteiger partial charge in [-0.2, -0.15) is 0 Å². The zero-order chi connectivity index (χ0) is 19.5. The molecule has 0 saturated carbocycles. The van der Waals surface area contributed by atoms with Gasteiger partial charge in [-0.05, 0) is 56.2 Å². The van der Waals surface area contributed by atoms with Crippen molar-refractivity contribution < 1.29 is 18.3 Å². The van der Waals surface area contributed by atoms with Crippen LogP contribution in [0.25, 0.3) is 11.3 Å². The van der Waals surface area contributed by atoms with Crippen molar-refractivity contribution in [3.05, 3.63) is 66.3 Å². The number of ether oxygens (including phenoxy) is 1. The average molecular weight is 381 g/mol. The van der Waals surface area contributed by atoms with Crippen LogP contribution >= 0.6 is 0 Å². The molecule has 0 spiro atoms. The van der Waals surface area contributed by atoms with Gasteiger partial charge in [-0.1, -0.05) is 0 Å². The summed E-state index contributed by atoms with van der Waals surface area (Å²) in [5, 5.41) is 0. The summed E-state index contributed by atoms with van der Waals surface area (Å²) in [5.74, 6) is 0.942. The molecule has 1 amide bonds. The Labute approximate surface area is 162 Å². The number of likely N-dealkylation sites (tertiary alicyclic amines) is 1. The number of carbonyl (C=O) groups is 1. The van der Waals surface area contributed by atoms with Crippen molar-refractivity contribution in [2.75, 3.05) is 13.1 Å². The highest BCUT2D eigenvalue weighted by molar-refractivity contribution is 5.70. The maximum atomic E-state index is 13.1. The lowest BCUT2D eigenvalue weighted by atomic mass is 9.97. The quantitative estimate of drug-likeness (QED) is 0.665. The number of halogens is 1. The van der Waals surface area contributed by atoms with Crippen LogP contribution in [0, 0.1) is 12.7 Å². The van der Waals surface area contributed by atoms with Gasteiger partial charge in [0.05, 0.1) is 6.20 Å². The van der Waals surface area contributed by atoms with E-state index in [2.05, 4.69) is 9.97 Å². The molecule has 3 heterocycles. The van der Waals surface area contributed by atoms with Gasteiger partial charge in [0.1, 0.15) is 17.8 Å².